The van der Waals surface area contributed by atoms with Gasteiger partial charge in [0.2, 0.25) is 0 Å². The van der Waals surface area contributed by atoms with Crippen LogP contribution in [-0.4, -0.2) is 22.2 Å². The maximum absolute atomic E-state index is 11.3. The second kappa shape index (κ2) is 3.28. The topological polar surface area (TPSA) is 74.6 Å². The summed E-state index contributed by atoms with van der Waals surface area (Å²) in [5, 5.41) is 18.6. The zero-order valence-corrected chi connectivity index (χ0v) is 10.2. The third-order valence-electron chi connectivity index (χ3n) is 6.49. The summed E-state index contributed by atoms with van der Waals surface area (Å²) >= 11 is 0. The van der Waals surface area contributed by atoms with Crippen molar-refractivity contribution in [3.8, 4) is 0 Å². The largest absolute Gasteiger partial charge is 0.481 e. The highest BCUT2D eigenvalue weighted by Gasteiger charge is 2.72. The molecular weight excluding hydrogens is 232 g/mol. The van der Waals surface area contributed by atoms with Gasteiger partial charge in [0.1, 0.15) is 0 Å². The lowest BCUT2D eigenvalue weighted by Crippen LogP contribution is -2.58. The molecule has 8 unspecified atom stereocenters. The number of carbonyl (C=O) groups is 2. The lowest BCUT2D eigenvalue weighted by Gasteiger charge is -2.53. The molecule has 4 fully saturated rings. The van der Waals surface area contributed by atoms with E-state index in [0.29, 0.717) is 23.7 Å². The van der Waals surface area contributed by atoms with Gasteiger partial charge in [-0.15, -0.1) is 0 Å². The summed E-state index contributed by atoms with van der Waals surface area (Å²) in [7, 11) is 0. The van der Waals surface area contributed by atoms with Crippen molar-refractivity contribution in [1.82, 2.24) is 0 Å². The highest BCUT2D eigenvalue weighted by molar-refractivity contribution is 5.83. The highest BCUT2D eigenvalue weighted by Crippen LogP contribution is 2.72. The SMILES string of the molecule is O=C(O)C1C(C(=O)O)C2C3CC(C4CCCC43)C12. The fourth-order valence-electron chi connectivity index (χ4n) is 6.18. The number of rotatable bonds is 2. The Morgan fingerprint density at radius 2 is 1.22 bits per heavy atom. The van der Waals surface area contributed by atoms with Crippen LogP contribution in [0, 0.1) is 47.3 Å². The van der Waals surface area contributed by atoms with Crippen LogP contribution in [-0.2, 0) is 9.59 Å². The molecule has 0 amide bonds. The average molecular weight is 250 g/mol. The molecule has 0 aromatic carbocycles. The molecule has 0 aromatic heterocycles. The lowest BCUT2D eigenvalue weighted by molar-refractivity contribution is -0.184. The van der Waals surface area contributed by atoms with Crippen molar-refractivity contribution in [3.63, 3.8) is 0 Å². The number of carboxylic acid groups (broad SMARTS) is 2. The van der Waals surface area contributed by atoms with E-state index < -0.39 is 23.8 Å². The van der Waals surface area contributed by atoms with Gasteiger partial charge < -0.3 is 10.2 Å². The van der Waals surface area contributed by atoms with E-state index in [1.807, 2.05) is 0 Å². The smallest absolute Gasteiger partial charge is 0.307 e. The first-order valence-electron chi connectivity index (χ1n) is 7.07. The van der Waals surface area contributed by atoms with Gasteiger partial charge in [0.25, 0.3) is 0 Å². The van der Waals surface area contributed by atoms with Crippen LogP contribution in [0.25, 0.3) is 0 Å². The molecule has 98 valence electrons. The van der Waals surface area contributed by atoms with Crippen molar-refractivity contribution in [2.75, 3.05) is 0 Å². The molecule has 2 bridgehead atoms. The molecule has 0 heterocycles. The Balaban J connectivity index is 1.69. The molecule has 0 saturated heterocycles. The van der Waals surface area contributed by atoms with Crippen LogP contribution in [0.5, 0.6) is 0 Å². The van der Waals surface area contributed by atoms with Gasteiger partial charge in [0.05, 0.1) is 11.8 Å². The summed E-state index contributed by atoms with van der Waals surface area (Å²) in [6.07, 6.45) is 4.87. The first-order valence-corrected chi connectivity index (χ1v) is 7.07. The van der Waals surface area contributed by atoms with Gasteiger partial charge in [-0.25, -0.2) is 0 Å². The third-order valence-corrected chi connectivity index (χ3v) is 6.49. The monoisotopic (exact) mass is 250 g/mol. The number of fused-ring (bicyclic) bond motifs is 8. The molecule has 4 aliphatic rings. The van der Waals surface area contributed by atoms with Crippen LogP contribution in [0.1, 0.15) is 25.7 Å². The van der Waals surface area contributed by atoms with Crippen LogP contribution >= 0.6 is 0 Å². The summed E-state index contributed by atoms with van der Waals surface area (Å²) in [6.45, 7) is 0. The highest BCUT2D eigenvalue weighted by atomic mass is 16.4. The summed E-state index contributed by atoms with van der Waals surface area (Å²) in [4.78, 5) is 22.7. The predicted molar refractivity (Wildman–Crippen MR) is 61.7 cm³/mol. The maximum atomic E-state index is 11.3. The van der Waals surface area contributed by atoms with E-state index in [-0.39, 0.29) is 11.8 Å². The molecular formula is C14H18O4. The van der Waals surface area contributed by atoms with Crippen molar-refractivity contribution in [3.05, 3.63) is 0 Å². The Morgan fingerprint density at radius 1 is 0.778 bits per heavy atom. The number of carboxylic acids is 2. The van der Waals surface area contributed by atoms with E-state index in [9.17, 15) is 19.8 Å². The van der Waals surface area contributed by atoms with Crippen molar-refractivity contribution in [1.29, 1.82) is 0 Å². The molecule has 8 atom stereocenters. The first kappa shape index (κ1) is 10.8. The molecule has 4 nitrogen and oxygen atoms in total. The Hall–Kier alpha value is -1.06. The third kappa shape index (κ3) is 1.04. The molecule has 4 rings (SSSR count). The fraction of sp³-hybridized carbons (Fsp3) is 0.857. The zero-order chi connectivity index (χ0) is 12.6. The quantitative estimate of drug-likeness (QED) is 0.782. The van der Waals surface area contributed by atoms with Crippen molar-refractivity contribution < 1.29 is 19.8 Å². The molecule has 0 aromatic rings. The average Bonchev–Trinajstić information content (AvgIpc) is 2.85. The minimum absolute atomic E-state index is 0.174. The summed E-state index contributed by atoms with van der Waals surface area (Å²) < 4.78 is 0. The minimum Gasteiger partial charge on any atom is -0.481 e. The Kier molecular flexibility index (Phi) is 1.97. The number of aliphatic carboxylic acids is 2. The standard InChI is InChI=1S/C14H18O4/c15-13(16)11-9-7-4-8(6-3-1-2-5(6)7)10(9)12(11)14(17)18/h5-12H,1-4H2,(H,15,16)(H,17,18). The van der Waals surface area contributed by atoms with Gasteiger partial charge in [-0.05, 0) is 54.8 Å². The molecule has 2 N–H and O–H groups in total. The molecule has 0 aliphatic heterocycles. The van der Waals surface area contributed by atoms with Crippen LogP contribution in [0.4, 0.5) is 0 Å². The molecule has 0 spiro atoms. The van der Waals surface area contributed by atoms with Crippen LogP contribution in [0.3, 0.4) is 0 Å². The van der Waals surface area contributed by atoms with E-state index in [1.54, 1.807) is 0 Å². The van der Waals surface area contributed by atoms with E-state index in [0.717, 1.165) is 6.42 Å². The van der Waals surface area contributed by atoms with Gasteiger partial charge in [-0.2, -0.15) is 0 Å². The van der Waals surface area contributed by atoms with Gasteiger partial charge in [-0.3, -0.25) is 9.59 Å². The normalized spacial score (nSPS) is 55.8. The van der Waals surface area contributed by atoms with Gasteiger partial charge in [-0.1, -0.05) is 6.42 Å². The first-order chi connectivity index (χ1) is 8.61. The maximum Gasteiger partial charge on any atom is 0.307 e. The van der Waals surface area contributed by atoms with E-state index in [1.165, 1.54) is 19.3 Å². The summed E-state index contributed by atoms with van der Waals surface area (Å²) in [5.41, 5.74) is 0. The van der Waals surface area contributed by atoms with Crippen molar-refractivity contribution in [2.45, 2.75) is 25.7 Å². The number of hydrogen-bond acceptors (Lipinski definition) is 2. The summed E-state index contributed by atoms with van der Waals surface area (Å²) in [6, 6.07) is 0. The van der Waals surface area contributed by atoms with E-state index >= 15 is 0 Å². The van der Waals surface area contributed by atoms with Crippen LogP contribution < -0.4 is 0 Å². The Morgan fingerprint density at radius 3 is 1.61 bits per heavy atom. The fourth-order valence-corrected chi connectivity index (χ4v) is 6.18. The molecule has 4 aliphatic carbocycles. The van der Waals surface area contributed by atoms with Gasteiger partial charge >= 0.3 is 11.9 Å². The van der Waals surface area contributed by atoms with Crippen molar-refractivity contribution in [2.24, 2.45) is 47.3 Å². The molecule has 4 heteroatoms. The Bertz CT molecular complexity index is 394. The Labute approximate surface area is 105 Å². The van der Waals surface area contributed by atoms with Crippen LogP contribution in [0.15, 0.2) is 0 Å². The second-order valence-corrected chi connectivity index (χ2v) is 6.70. The summed E-state index contributed by atoms with van der Waals surface area (Å²) in [5.74, 6) is -0.167. The van der Waals surface area contributed by atoms with Gasteiger partial charge in [0, 0.05) is 0 Å². The molecule has 0 radical (unpaired) electrons. The molecule has 18 heavy (non-hydrogen) atoms. The minimum atomic E-state index is -0.884. The second-order valence-electron chi connectivity index (χ2n) is 6.70. The van der Waals surface area contributed by atoms with Crippen LogP contribution in [0.2, 0.25) is 0 Å². The van der Waals surface area contributed by atoms with Crippen molar-refractivity contribution >= 4 is 11.9 Å². The van der Waals surface area contributed by atoms with E-state index in [2.05, 4.69) is 0 Å². The predicted octanol–water partition coefficient (Wildman–Crippen LogP) is 1.70. The zero-order valence-electron chi connectivity index (χ0n) is 10.2. The van der Waals surface area contributed by atoms with Gasteiger partial charge in [0.15, 0.2) is 0 Å². The number of hydrogen-bond donors (Lipinski definition) is 2. The van der Waals surface area contributed by atoms with E-state index in [4.69, 9.17) is 0 Å². The molecule has 4 saturated carbocycles. The lowest BCUT2D eigenvalue weighted by atomic mass is 9.49.